The van der Waals surface area contributed by atoms with Crippen LogP contribution in [-0.4, -0.2) is 15.4 Å². The lowest BCUT2D eigenvalue weighted by Gasteiger charge is -2.32. The minimum absolute atomic E-state index is 0.150. The van der Waals surface area contributed by atoms with Gasteiger partial charge in [-0.05, 0) is 48.5 Å². The van der Waals surface area contributed by atoms with Gasteiger partial charge in [0, 0.05) is 10.6 Å². The molecular formula is C28H17ClN4O2. The molecule has 0 N–H and O–H groups in total. The molecule has 1 spiro atoms. The summed E-state index contributed by atoms with van der Waals surface area (Å²) < 4.78 is 8.41. The maximum Gasteiger partial charge on any atom is 0.291 e. The van der Waals surface area contributed by atoms with Crippen LogP contribution < -0.4 is 10.6 Å². The fourth-order valence-corrected chi connectivity index (χ4v) is 5.07. The van der Waals surface area contributed by atoms with Crippen LogP contribution in [-0.2, 0) is 10.5 Å². The molecule has 0 saturated heterocycles. The highest BCUT2D eigenvalue weighted by atomic mass is 35.5. The first-order valence-corrected chi connectivity index (χ1v) is 11.6. The SMILES string of the molecule is O=c1c2ccccc2nc2n1-c1ccccc1C21OC(c2cccc(Cl)c2)=NN1c1ccccc1. The molecule has 35 heavy (non-hydrogen) atoms. The standard InChI is InChI=1S/C28H17ClN4O2/c29-19-10-8-9-18(17-19)25-31-33(20-11-2-1-3-12-20)28(35-25)22-14-5-7-16-24(22)32-26(34)21-13-4-6-15-23(21)30-27(28)32/h1-17H. The molecule has 6 nitrogen and oxygen atoms in total. The third kappa shape index (κ3) is 2.74. The van der Waals surface area contributed by atoms with E-state index in [1.807, 2.05) is 96.0 Å². The molecule has 2 aliphatic rings. The molecule has 1 atom stereocenters. The number of halogens is 1. The molecular weight excluding hydrogens is 460 g/mol. The van der Waals surface area contributed by atoms with Gasteiger partial charge in [-0.15, -0.1) is 5.10 Å². The van der Waals surface area contributed by atoms with Crippen molar-refractivity contribution in [2.45, 2.75) is 5.72 Å². The van der Waals surface area contributed by atoms with Crippen LogP contribution in [0, 0.1) is 0 Å². The molecule has 0 aliphatic carbocycles. The molecule has 0 saturated carbocycles. The second-order valence-electron chi connectivity index (χ2n) is 8.42. The van der Waals surface area contributed by atoms with Crippen molar-refractivity contribution in [1.82, 2.24) is 9.55 Å². The van der Waals surface area contributed by atoms with E-state index in [0.29, 0.717) is 33.3 Å². The maximum atomic E-state index is 13.8. The highest BCUT2D eigenvalue weighted by Gasteiger charge is 2.57. The number of fused-ring (bicyclic) bond motifs is 6. The summed E-state index contributed by atoms with van der Waals surface area (Å²) in [5.74, 6) is 0.842. The Hall–Kier alpha value is -4.42. The van der Waals surface area contributed by atoms with Gasteiger partial charge in [-0.3, -0.25) is 9.36 Å². The third-order valence-electron chi connectivity index (χ3n) is 6.39. The van der Waals surface area contributed by atoms with E-state index in [2.05, 4.69) is 0 Å². The lowest BCUT2D eigenvalue weighted by Crippen LogP contribution is -2.43. The van der Waals surface area contributed by atoms with Crippen LogP contribution in [0.15, 0.2) is 113 Å². The molecule has 1 unspecified atom stereocenters. The molecule has 2 aliphatic heterocycles. The molecule has 0 bridgehead atoms. The number of benzene rings is 4. The van der Waals surface area contributed by atoms with Crippen molar-refractivity contribution < 1.29 is 4.74 Å². The number of aromatic nitrogens is 2. The average Bonchev–Trinajstić information content (AvgIpc) is 3.43. The van der Waals surface area contributed by atoms with Gasteiger partial charge in [-0.1, -0.05) is 66.2 Å². The van der Waals surface area contributed by atoms with Crippen LogP contribution in [0.3, 0.4) is 0 Å². The first kappa shape index (κ1) is 20.0. The van der Waals surface area contributed by atoms with Crippen LogP contribution in [0.2, 0.25) is 5.02 Å². The van der Waals surface area contributed by atoms with Crippen LogP contribution in [0.25, 0.3) is 16.6 Å². The van der Waals surface area contributed by atoms with Crippen LogP contribution in [0.5, 0.6) is 0 Å². The number of ether oxygens (including phenoxy) is 1. The lowest BCUT2D eigenvalue weighted by molar-refractivity contribution is 0.116. The number of hydrogen-bond acceptors (Lipinski definition) is 5. The van der Waals surface area contributed by atoms with E-state index in [1.54, 1.807) is 16.7 Å². The topological polar surface area (TPSA) is 59.7 Å². The zero-order chi connectivity index (χ0) is 23.6. The van der Waals surface area contributed by atoms with E-state index in [-0.39, 0.29) is 5.56 Å². The first-order valence-electron chi connectivity index (χ1n) is 11.2. The number of para-hydroxylation sites is 3. The maximum absolute atomic E-state index is 13.8. The summed E-state index contributed by atoms with van der Waals surface area (Å²) >= 11 is 6.29. The lowest BCUT2D eigenvalue weighted by atomic mass is 10.0. The van der Waals surface area contributed by atoms with Crippen molar-refractivity contribution in [3.05, 3.63) is 135 Å². The normalized spacial score (nSPS) is 17.9. The van der Waals surface area contributed by atoms with E-state index < -0.39 is 5.72 Å². The molecule has 168 valence electrons. The van der Waals surface area contributed by atoms with Gasteiger partial charge in [-0.25, -0.2) is 9.99 Å². The van der Waals surface area contributed by atoms with Gasteiger partial charge >= 0.3 is 0 Å². The van der Waals surface area contributed by atoms with E-state index in [9.17, 15) is 4.79 Å². The number of anilines is 1. The molecule has 0 fully saturated rings. The molecule has 4 aromatic carbocycles. The quantitative estimate of drug-likeness (QED) is 0.340. The fraction of sp³-hybridized carbons (Fsp3) is 0.0357. The van der Waals surface area contributed by atoms with Crippen LogP contribution >= 0.6 is 11.6 Å². The second-order valence-corrected chi connectivity index (χ2v) is 8.86. The van der Waals surface area contributed by atoms with Gasteiger partial charge < -0.3 is 4.74 Å². The Bertz CT molecular complexity index is 1730. The van der Waals surface area contributed by atoms with Gasteiger partial charge in [0.2, 0.25) is 5.90 Å². The van der Waals surface area contributed by atoms with Crippen LogP contribution in [0.4, 0.5) is 5.69 Å². The van der Waals surface area contributed by atoms with Crippen molar-refractivity contribution in [3.63, 3.8) is 0 Å². The Labute approximate surface area is 205 Å². The monoisotopic (exact) mass is 476 g/mol. The van der Waals surface area contributed by atoms with Crippen molar-refractivity contribution in [3.8, 4) is 5.69 Å². The number of rotatable bonds is 2. The summed E-state index contributed by atoms with van der Waals surface area (Å²) in [7, 11) is 0. The fourth-order valence-electron chi connectivity index (χ4n) is 4.88. The predicted octanol–water partition coefficient (Wildman–Crippen LogP) is 5.45. The zero-order valence-electron chi connectivity index (χ0n) is 18.3. The Morgan fingerprint density at radius 1 is 0.829 bits per heavy atom. The third-order valence-corrected chi connectivity index (χ3v) is 6.63. The van der Waals surface area contributed by atoms with Gasteiger partial charge in [0.05, 0.1) is 27.8 Å². The predicted molar refractivity (Wildman–Crippen MR) is 136 cm³/mol. The van der Waals surface area contributed by atoms with Gasteiger partial charge in [0.15, 0.2) is 5.82 Å². The largest absolute Gasteiger partial charge is 0.435 e. The molecule has 0 amide bonds. The smallest absolute Gasteiger partial charge is 0.291 e. The van der Waals surface area contributed by atoms with E-state index >= 15 is 0 Å². The van der Waals surface area contributed by atoms with Gasteiger partial charge in [0.25, 0.3) is 11.3 Å². The van der Waals surface area contributed by atoms with Crippen molar-refractivity contribution in [2.24, 2.45) is 5.10 Å². The summed E-state index contributed by atoms with van der Waals surface area (Å²) in [6, 6.07) is 32.2. The van der Waals surface area contributed by atoms with E-state index in [0.717, 1.165) is 16.8 Å². The summed E-state index contributed by atoms with van der Waals surface area (Å²) in [6.45, 7) is 0. The Morgan fingerprint density at radius 3 is 2.46 bits per heavy atom. The Kier molecular flexibility index (Phi) is 4.16. The minimum Gasteiger partial charge on any atom is -0.435 e. The average molecular weight is 477 g/mol. The summed E-state index contributed by atoms with van der Waals surface area (Å²) in [5, 5.41) is 7.86. The van der Waals surface area contributed by atoms with Gasteiger partial charge in [0.1, 0.15) is 0 Å². The van der Waals surface area contributed by atoms with Crippen molar-refractivity contribution in [2.75, 3.05) is 5.01 Å². The van der Waals surface area contributed by atoms with E-state index in [1.165, 1.54) is 0 Å². The zero-order valence-corrected chi connectivity index (χ0v) is 19.1. The number of hydrogen-bond donors (Lipinski definition) is 0. The highest BCUT2D eigenvalue weighted by molar-refractivity contribution is 6.31. The van der Waals surface area contributed by atoms with Crippen molar-refractivity contribution >= 4 is 34.1 Å². The summed E-state index contributed by atoms with van der Waals surface area (Å²) in [4.78, 5) is 18.7. The minimum atomic E-state index is -1.28. The van der Waals surface area contributed by atoms with Crippen molar-refractivity contribution in [1.29, 1.82) is 0 Å². The molecule has 0 radical (unpaired) electrons. The number of nitrogens with zero attached hydrogens (tertiary/aromatic N) is 4. The summed E-state index contributed by atoms with van der Waals surface area (Å²) in [5.41, 5.74) is 2.20. The van der Waals surface area contributed by atoms with E-state index in [4.69, 9.17) is 26.4 Å². The Balaban J connectivity index is 1.57. The van der Waals surface area contributed by atoms with Gasteiger partial charge in [-0.2, -0.15) is 0 Å². The molecule has 3 heterocycles. The van der Waals surface area contributed by atoms with Crippen LogP contribution in [0.1, 0.15) is 17.0 Å². The highest BCUT2D eigenvalue weighted by Crippen LogP contribution is 2.50. The molecule has 7 rings (SSSR count). The second kappa shape index (κ2) is 7.29. The Morgan fingerprint density at radius 2 is 1.60 bits per heavy atom. The molecule has 7 heteroatoms. The first-order chi connectivity index (χ1) is 17.2. The number of hydrazone groups is 1. The molecule has 5 aromatic rings. The summed E-state index contributed by atoms with van der Waals surface area (Å²) in [6.07, 6.45) is 0. The molecule has 1 aromatic heterocycles.